The molecule has 1 saturated heterocycles. The highest BCUT2D eigenvalue weighted by Gasteiger charge is 2.36. The lowest BCUT2D eigenvalue weighted by atomic mass is 10.1. The predicted octanol–water partition coefficient (Wildman–Crippen LogP) is 4.48. The van der Waals surface area contributed by atoms with E-state index >= 15 is 0 Å². The molecule has 0 spiro atoms. The summed E-state index contributed by atoms with van der Waals surface area (Å²) in [6, 6.07) is 7.48. The first-order chi connectivity index (χ1) is 13.1. The summed E-state index contributed by atoms with van der Waals surface area (Å²) in [5.74, 6) is -0.0764. The molecule has 0 unspecified atom stereocenters. The van der Waals surface area contributed by atoms with Gasteiger partial charge >= 0.3 is 12.4 Å². The summed E-state index contributed by atoms with van der Waals surface area (Å²) >= 11 is 0. The highest BCUT2D eigenvalue weighted by Crippen LogP contribution is 2.35. The summed E-state index contributed by atoms with van der Waals surface area (Å²) in [5.41, 5.74) is -0.849. The van der Waals surface area contributed by atoms with Crippen LogP contribution in [-0.2, 0) is 18.8 Å². The first kappa shape index (κ1) is 20.4. The lowest BCUT2D eigenvalue weighted by Gasteiger charge is -2.36. The third-order valence-electron chi connectivity index (χ3n) is 4.73. The van der Waals surface area contributed by atoms with Crippen LogP contribution in [0.25, 0.3) is 0 Å². The number of piperazine rings is 1. The van der Waals surface area contributed by atoms with E-state index in [9.17, 15) is 26.3 Å². The Labute approximate surface area is 158 Å². The normalized spacial score (nSPS) is 16.4. The molecule has 0 bridgehead atoms. The number of benzene rings is 1. The number of aromatic nitrogens is 1. The van der Waals surface area contributed by atoms with Gasteiger partial charge in [-0.05, 0) is 30.2 Å². The number of nitrogens with zero attached hydrogens (tertiary/aromatic N) is 3. The molecular formula is C19H19F6N3. The molecule has 28 heavy (non-hydrogen) atoms. The van der Waals surface area contributed by atoms with Crippen molar-refractivity contribution in [3.05, 3.63) is 59.3 Å². The van der Waals surface area contributed by atoms with Crippen LogP contribution in [0.4, 0.5) is 32.2 Å². The third kappa shape index (κ3) is 4.95. The van der Waals surface area contributed by atoms with Crippen molar-refractivity contribution in [3.63, 3.8) is 0 Å². The van der Waals surface area contributed by atoms with Crippen molar-refractivity contribution in [1.82, 2.24) is 9.88 Å². The zero-order valence-corrected chi connectivity index (χ0v) is 14.9. The van der Waals surface area contributed by atoms with Crippen LogP contribution in [0, 0.1) is 0 Å². The Kier molecular flexibility index (Phi) is 5.83. The zero-order valence-electron chi connectivity index (χ0n) is 14.9. The average molecular weight is 403 g/mol. The number of halogens is 6. The number of hydrogen-bond acceptors (Lipinski definition) is 3. The molecule has 3 nitrogen and oxygen atoms in total. The maximum Gasteiger partial charge on any atom is 0.419 e. The predicted molar refractivity (Wildman–Crippen MR) is 93.0 cm³/mol. The maximum absolute atomic E-state index is 13.1. The molecule has 152 valence electrons. The van der Waals surface area contributed by atoms with Gasteiger partial charge in [0.15, 0.2) is 0 Å². The quantitative estimate of drug-likeness (QED) is 0.702. The summed E-state index contributed by atoms with van der Waals surface area (Å²) in [7, 11) is 0. The van der Waals surface area contributed by atoms with Gasteiger partial charge in [0, 0.05) is 38.9 Å². The first-order valence-corrected chi connectivity index (χ1v) is 8.80. The lowest BCUT2D eigenvalue weighted by Crippen LogP contribution is -2.47. The van der Waals surface area contributed by atoms with Gasteiger partial charge in [0.05, 0.1) is 11.1 Å². The summed E-state index contributed by atoms with van der Waals surface area (Å²) < 4.78 is 77.8. The van der Waals surface area contributed by atoms with Gasteiger partial charge in [-0.25, -0.2) is 4.98 Å². The Bertz CT molecular complexity index is 795. The Morgan fingerprint density at radius 3 is 2.21 bits per heavy atom. The molecule has 1 fully saturated rings. The van der Waals surface area contributed by atoms with E-state index in [0.717, 1.165) is 18.2 Å². The lowest BCUT2D eigenvalue weighted by molar-refractivity contribution is -0.138. The molecule has 9 heteroatoms. The summed E-state index contributed by atoms with van der Waals surface area (Å²) in [5, 5.41) is 0. The van der Waals surface area contributed by atoms with Crippen LogP contribution < -0.4 is 4.90 Å². The van der Waals surface area contributed by atoms with Crippen LogP contribution in [0.5, 0.6) is 0 Å². The highest BCUT2D eigenvalue weighted by molar-refractivity contribution is 5.48. The van der Waals surface area contributed by atoms with Crippen LogP contribution in [0.2, 0.25) is 0 Å². The van der Waals surface area contributed by atoms with Gasteiger partial charge in [-0.15, -0.1) is 0 Å². The van der Waals surface area contributed by atoms with E-state index < -0.39 is 23.5 Å². The molecule has 0 N–H and O–H groups in total. The molecule has 1 aromatic carbocycles. The van der Waals surface area contributed by atoms with Crippen LogP contribution in [-0.4, -0.2) is 42.6 Å². The van der Waals surface area contributed by atoms with Crippen molar-refractivity contribution in [3.8, 4) is 0 Å². The van der Waals surface area contributed by atoms with Crippen LogP contribution in [0.1, 0.15) is 16.7 Å². The van der Waals surface area contributed by atoms with Crippen LogP contribution >= 0.6 is 0 Å². The van der Waals surface area contributed by atoms with Gasteiger partial charge in [-0.1, -0.05) is 18.2 Å². The van der Waals surface area contributed by atoms with Gasteiger partial charge in [0.2, 0.25) is 0 Å². The topological polar surface area (TPSA) is 19.4 Å². The van der Waals surface area contributed by atoms with Gasteiger partial charge in [0.1, 0.15) is 5.82 Å². The first-order valence-electron chi connectivity index (χ1n) is 8.80. The van der Waals surface area contributed by atoms with E-state index in [0.29, 0.717) is 44.7 Å². The number of hydrogen-bond donors (Lipinski definition) is 0. The number of rotatable bonds is 4. The number of pyridine rings is 1. The van der Waals surface area contributed by atoms with Gasteiger partial charge in [-0.3, -0.25) is 4.90 Å². The second kappa shape index (κ2) is 7.98. The molecule has 2 aromatic rings. The molecule has 2 heterocycles. The fraction of sp³-hybridized carbons (Fsp3) is 0.421. The van der Waals surface area contributed by atoms with Crippen LogP contribution in [0.3, 0.4) is 0 Å². The van der Waals surface area contributed by atoms with Crippen molar-refractivity contribution in [2.24, 2.45) is 0 Å². The van der Waals surface area contributed by atoms with E-state index in [4.69, 9.17) is 0 Å². The Morgan fingerprint density at radius 2 is 1.57 bits per heavy atom. The van der Waals surface area contributed by atoms with Crippen LogP contribution in [0.15, 0.2) is 42.6 Å². The van der Waals surface area contributed by atoms with E-state index in [1.54, 1.807) is 11.0 Å². The third-order valence-corrected chi connectivity index (χ3v) is 4.73. The molecule has 0 aliphatic carbocycles. The molecule has 1 aliphatic rings. The molecule has 1 aromatic heterocycles. The number of anilines is 1. The Balaban J connectivity index is 1.57. The standard InChI is InChI=1S/C19H19F6N3/c20-18(21,22)15-4-1-3-14(13-15)6-8-27-9-11-28(12-10-27)17-16(19(23,24)25)5-2-7-26-17/h1-5,7,13H,6,8-12H2. The molecule has 3 rings (SSSR count). The van der Waals surface area contributed by atoms with Crippen molar-refractivity contribution in [2.75, 3.05) is 37.6 Å². The average Bonchev–Trinajstić information content (AvgIpc) is 2.66. The number of alkyl halides is 6. The van der Waals surface area contributed by atoms with E-state index in [-0.39, 0.29) is 5.82 Å². The Hall–Kier alpha value is -2.29. The molecular weight excluding hydrogens is 384 g/mol. The fourth-order valence-electron chi connectivity index (χ4n) is 3.24. The van der Waals surface area contributed by atoms with Crippen molar-refractivity contribution >= 4 is 5.82 Å². The Morgan fingerprint density at radius 1 is 0.857 bits per heavy atom. The second-order valence-corrected chi connectivity index (χ2v) is 6.65. The molecule has 0 atom stereocenters. The minimum Gasteiger partial charge on any atom is -0.354 e. The molecule has 1 aliphatic heterocycles. The highest BCUT2D eigenvalue weighted by atomic mass is 19.4. The minimum atomic E-state index is -4.47. The zero-order chi connectivity index (χ0) is 20.4. The van der Waals surface area contributed by atoms with E-state index in [1.165, 1.54) is 18.3 Å². The molecule has 0 radical (unpaired) electrons. The summed E-state index contributed by atoms with van der Waals surface area (Å²) in [4.78, 5) is 7.54. The SMILES string of the molecule is FC(F)(F)c1cccc(CCN2CCN(c3ncccc3C(F)(F)F)CC2)c1. The minimum absolute atomic E-state index is 0.0764. The van der Waals surface area contributed by atoms with E-state index in [1.807, 2.05) is 4.90 Å². The monoisotopic (exact) mass is 403 g/mol. The van der Waals surface area contributed by atoms with E-state index in [2.05, 4.69) is 4.98 Å². The molecule has 0 amide bonds. The largest absolute Gasteiger partial charge is 0.419 e. The smallest absolute Gasteiger partial charge is 0.354 e. The van der Waals surface area contributed by atoms with Gasteiger partial charge < -0.3 is 4.90 Å². The summed E-state index contributed by atoms with van der Waals surface area (Å²) in [6.07, 6.45) is -7.06. The van der Waals surface area contributed by atoms with Gasteiger partial charge in [-0.2, -0.15) is 26.3 Å². The van der Waals surface area contributed by atoms with Gasteiger partial charge in [0.25, 0.3) is 0 Å². The van der Waals surface area contributed by atoms with Crippen molar-refractivity contribution in [1.29, 1.82) is 0 Å². The fourth-order valence-corrected chi connectivity index (χ4v) is 3.24. The molecule has 0 saturated carbocycles. The van der Waals surface area contributed by atoms with Crippen molar-refractivity contribution < 1.29 is 26.3 Å². The maximum atomic E-state index is 13.1. The van der Waals surface area contributed by atoms with Crippen molar-refractivity contribution in [2.45, 2.75) is 18.8 Å². The summed E-state index contributed by atoms with van der Waals surface area (Å²) in [6.45, 7) is 2.34. The second-order valence-electron chi connectivity index (χ2n) is 6.65.